The minimum Gasteiger partial charge on any atom is -0.383 e. The second-order valence-electron chi connectivity index (χ2n) is 4.70. The summed E-state index contributed by atoms with van der Waals surface area (Å²) in [6.07, 6.45) is 0. The van der Waals surface area contributed by atoms with E-state index in [1.807, 2.05) is 6.92 Å². The molecule has 2 N–H and O–H groups in total. The quantitative estimate of drug-likeness (QED) is 0.644. The van der Waals surface area contributed by atoms with Crippen molar-refractivity contribution in [3.63, 3.8) is 0 Å². The van der Waals surface area contributed by atoms with E-state index >= 15 is 0 Å². The average molecular weight is 254 g/mol. The lowest BCUT2D eigenvalue weighted by molar-refractivity contribution is 0.437. The first-order valence-corrected chi connectivity index (χ1v) is 6.82. The molecular weight excluding hydrogens is 232 g/mol. The van der Waals surface area contributed by atoms with Crippen LogP contribution in [0.25, 0.3) is 0 Å². The Morgan fingerprint density at radius 2 is 1.94 bits per heavy atom. The van der Waals surface area contributed by atoms with Gasteiger partial charge in [0.25, 0.3) is 0 Å². The Balaban J connectivity index is 2.82. The second-order valence-corrected chi connectivity index (χ2v) is 5.79. The summed E-state index contributed by atoms with van der Waals surface area (Å²) in [5.41, 5.74) is 6.91. The standard InChI is InChI=1S/C12H22N4S/c1-8(2)11-14-10(13)9(3)12(15-11)17-7-6-16(4)5/h8H,6-7H2,1-5H3,(H2,13,14,15). The van der Waals surface area contributed by atoms with Gasteiger partial charge in [0.15, 0.2) is 0 Å². The molecule has 0 atom stereocenters. The molecule has 0 unspecified atom stereocenters. The number of rotatable bonds is 5. The van der Waals surface area contributed by atoms with E-state index in [9.17, 15) is 0 Å². The second kappa shape index (κ2) is 6.21. The molecule has 4 nitrogen and oxygen atoms in total. The molecule has 96 valence electrons. The van der Waals surface area contributed by atoms with Gasteiger partial charge in [-0.1, -0.05) is 13.8 Å². The smallest absolute Gasteiger partial charge is 0.134 e. The summed E-state index contributed by atoms with van der Waals surface area (Å²) in [7, 11) is 4.14. The molecule has 1 rings (SSSR count). The molecule has 0 saturated carbocycles. The number of hydrogen-bond donors (Lipinski definition) is 1. The molecule has 0 saturated heterocycles. The van der Waals surface area contributed by atoms with Crippen LogP contribution in [0.15, 0.2) is 5.03 Å². The highest BCUT2D eigenvalue weighted by Gasteiger charge is 2.11. The van der Waals surface area contributed by atoms with Gasteiger partial charge in [-0.3, -0.25) is 0 Å². The first-order chi connectivity index (χ1) is 7.91. The van der Waals surface area contributed by atoms with Crippen LogP contribution in [-0.4, -0.2) is 41.3 Å². The van der Waals surface area contributed by atoms with Crippen molar-refractivity contribution >= 4 is 17.6 Å². The normalized spacial score (nSPS) is 11.5. The molecule has 0 aliphatic rings. The van der Waals surface area contributed by atoms with Crippen molar-refractivity contribution in [2.75, 3.05) is 32.1 Å². The Morgan fingerprint density at radius 3 is 2.47 bits per heavy atom. The van der Waals surface area contributed by atoms with Gasteiger partial charge < -0.3 is 10.6 Å². The first-order valence-electron chi connectivity index (χ1n) is 5.83. The van der Waals surface area contributed by atoms with Gasteiger partial charge >= 0.3 is 0 Å². The monoisotopic (exact) mass is 254 g/mol. The summed E-state index contributed by atoms with van der Waals surface area (Å²) < 4.78 is 0. The van der Waals surface area contributed by atoms with Crippen molar-refractivity contribution < 1.29 is 0 Å². The maximum Gasteiger partial charge on any atom is 0.134 e. The van der Waals surface area contributed by atoms with E-state index in [1.54, 1.807) is 11.8 Å². The predicted octanol–water partition coefficient (Wildman–Crippen LogP) is 2.14. The lowest BCUT2D eigenvalue weighted by Crippen LogP contribution is -2.15. The topological polar surface area (TPSA) is 55.0 Å². The fourth-order valence-corrected chi connectivity index (χ4v) is 2.38. The van der Waals surface area contributed by atoms with Crippen LogP contribution in [0, 0.1) is 6.92 Å². The highest BCUT2D eigenvalue weighted by Crippen LogP contribution is 2.25. The Labute approximate surface area is 108 Å². The van der Waals surface area contributed by atoms with Crippen LogP contribution in [0.4, 0.5) is 5.82 Å². The number of anilines is 1. The molecule has 5 heteroatoms. The summed E-state index contributed by atoms with van der Waals surface area (Å²) >= 11 is 1.75. The van der Waals surface area contributed by atoms with Crippen LogP contribution in [0.1, 0.15) is 31.2 Å². The van der Waals surface area contributed by atoms with Crippen molar-refractivity contribution in [1.29, 1.82) is 0 Å². The zero-order valence-electron chi connectivity index (χ0n) is 11.3. The minimum absolute atomic E-state index is 0.311. The van der Waals surface area contributed by atoms with Gasteiger partial charge in [0, 0.05) is 23.8 Å². The number of nitrogens with two attached hydrogens (primary N) is 1. The van der Waals surface area contributed by atoms with Gasteiger partial charge in [-0.2, -0.15) is 0 Å². The van der Waals surface area contributed by atoms with Crippen molar-refractivity contribution in [2.24, 2.45) is 0 Å². The minimum atomic E-state index is 0.311. The third-order valence-corrected chi connectivity index (χ3v) is 3.51. The van der Waals surface area contributed by atoms with E-state index in [0.29, 0.717) is 11.7 Å². The molecule has 1 aromatic heterocycles. The summed E-state index contributed by atoms with van der Waals surface area (Å²) in [5, 5.41) is 1.02. The van der Waals surface area contributed by atoms with E-state index in [0.717, 1.165) is 28.7 Å². The Kier molecular flexibility index (Phi) is 5.21. The van der Waals surface area contributed by atoms with Gasteiger partial charge in [0.05, 0.1) is 0 Å². The molecule has 0 spiro atoms. The van der Waals surface area contributed by atoms with Gasteiger partial charge in [-0.15, -0.1) is 11.8 Å². The van der Waals surface area contributed by atoms with Crippen LogP contribution in [0.3, 0.4) is 0 Å². The summed E-state index contributed by atoms with van der Waals surface area (Å²) in [6.45, 7) is 7.18. The van der Waals surface area contributed by atoms with Crippen LogP contribution in [-0.2, 0) is 0 Å². The fourth-order valence-electron chi connectivity index (χ4n) is 1.25. The van der Waals surface area contributed by atoms with Gasteiger partial charge in [0.2, 0.25) is 0 Å². The van der Waals surface area contributed by atoms with E-state index in [-0.39, 0.29) is 0 Å². The van der Waals surface area contributed by atoms with Gasteiger partial charge in [-0.25, -0.2) is 9.97 Å². The lowest BCUT2D eigenvalue weighted by atomic mass is 10.2. The van der Waals surface area contributed by atoms with Crippen LogP contribution < -0.4 is 5.73 Å². The van der Waals surface area contributed by atoms with E-state index in [2.05, 4.69) is 42.8 Å². The molecule has 0 amide bonds. The Bertz CT molecular complexity index is 377. The third kappa shape index (κ3) is 4.16. The molecule has 0 bridgehead atoms. The number of thioether (sulfide) groups is 1. The zero-order valence-corrected chi connectivity index (χ0v) is 12.1. The summed E-state index contributed by atoms with van der Waals surface area (Å²) in [4.78, 5) is 11.1. The van der Waals surface area contributed by atoms with Crippen LogP contribution in [0.2, 0.25) is 0 Å². The van der Waals surface area contributed by atoms with E-state index in [4.69, 9.17) is 5.73 Å². The van der Waals surface area contributed by atoms with Crippen LogP contribution >= 0.6 is 11.8 Å². The SMILES string of the molecule is Cc1c(N)nc(C(C)C)nc1SCCN(C)C. The first kappa shape index (κ1) is 14.3. The highest BCUT2D eigenvalue weighted by molar-refractivity contribution is 7.99. The van der Waals surface area contributed by atoms with Crippen molar-refractivity contribution in [3.05, 3.63) is 11.4 Å². The molecule has 0 aliphatic carbocycles. The molecule has 0 radical (unpaired) electrons. The molecule has 1 heterocycles. The molecule has 0 aromatic carbocycles. The van der Waals surface area contributed by atoms with Gasteiger partial charge in [-0.05, 0) is 21.0 Å². The Hall–Kier alpha value is -0.810. The molecule has 0 aliphatic heterocycles. The number of nitrogen functional groups attached to an aromatic ring is 1. The van der Waals surface area contributed by atoms with E-state index in [1.165, 1.54) is 0 Å². The molecular formula is C12H22N4S. The number of nitrogens with zero attached hydrogens (tertiary/aromatic N) is 3. The van der Waals surface area contributed by atoms with Crippen molar-refractivity contribution in [2.45, 2.75) is 31.7 Å². The predicted molar refractivity (Wildman–Crippen MR) is 74.5 cm³/mol. The van der Waals surface area contributed by atoms with Crippen LogP contribution in [0.5, 0.6) is 0 Å². The largest absolute Gasteiger partial charge is 0.383 e. The Morgan fingerprint density at radius 1 is 1.29 bits per heavy atom. The molecule has 17 heavy (non-hydrogen) atoms. The fraction of sp³-hybridized carbons (Fsp3) is 0.667. The van der Waals surface area contributed by atoms with Crippen molar-refractivity contribution in [1.82, 2.24) is 14.9 Å². The average Bonchev–Trinajstić information content (AvgIpc) is 2.23. The molecule has 1 aromatic rings. The van der Waals surface area contributed by atoms with E-state index < -0.39 is 0 Å². The zero-order chi connectivity index (χ0) is 13.0. The maximum atomic E-state index is 5.92. The van der Waals surface area contributed by atoms with Gasteiger partial charge in [0.1, 0.15) is 16.7 Å². The lowest BCUT2D eigenvalue weighted by Gasteiger charge is -2.13. The van der Waals surface area contributed by atoms with Crippen molar-refractivity contribution in [3.8, 4) is 0 Å². The summed E-state index contributed by atoms with van der Waals surface area (Å²) in [5.74, 6) is 2.77. The number of aromatic nitrogens is 2. The molecule has 0 fully saturated rings. The summed E-state index contributed by atoms with van der Waals surface area (Å²) in [6, 6.07) is 0. The number of hydrogen-bond acceptors (Lipinski definition) is 5. The highest BCUT2D eigenvalue weighted by atomic mass is 32.2. The maximum absolute atomic E-state index is 5.92. The third-order valence-electron chi connectivity index (χ3n) is 2.45.